The summed E-state index contributed by atoms with van der Waals surface area (Å²) in [4.78, 5) is 0. The molecule has 0 nitrogen and oxygen atoms in total. The van der Waals surface area contributed by atoms with Crippen molar-refractivity contribution in [1.29, 1.82) is 0 Å². The van der Waals surface area contributed by atoms with Crippen LogP contribution in [-0.4, -0.2) is 0 Å². The molecule has 0 aromatic heterocycles. The molecule has 210 valence electrons. The van der Waals surface area contributed by atoms with Crippen LogP contribution in [0.2, 0.25) is 0 Å². The zero-order valence-corrected chi connectivity index (χ0v) is 25.0. The van der Waals surface area contributed by atoms with Gasteiger partial charge in [-0.1, -0.05) is 133 Å². The minimum atomic E-state index is 1.25. The Morgan fingerprint density at radius 3 is 0.848 bits per heavy atom. The highest BCUT2D eigenvalue weighted by Crippen LogP contribution is 2.55. The summed E-state index contributed by atoms with van der Waals surface area (Å²) in [6.07, 6.45) is 0. The highest BCUT2D eigenvalue weighted by molar-refractivity contribution is 6.28. The fourth-order valence-corrected chi connectivity index (χ4v) is 8.62. The van der Waals surface area contributed by atoms with Crippen molar-refractivity contribution >= 4 is 43.1 Å². The van der Waals surface area contributed by atoms with Crippen molar-refractivity contribution in [1.82, 2.24) is 0 Å². The van der Waals surface area contributed by atoms with Crippen LogP contribution in [0.4, 0.5) is 0 Å². The third kappa shape index (κ3) is 3.08. The first-order chi connectivity index (χ1) is 22.8. The van der Waals surface area contributed by atoms with Crippen molar-refractivity contribution in [3.8, 4) is 66.8 Å². The van der Waals surface area contributed by atoms with Gasteiger partial charge in [0.1, 0.15) is 0 Å². The average Bonchev–Trinajstić information content (AvgIpc) is 3.60. The average molecular weight is 579 g/mol. The molecule has 0 N–H and O–H groups in total. The molecular formula is C46H26. The molecule has 0 fully saturated rings. The van der Waals surface area contributed by atoms with E-state index in [4.69, 9.17) is 0 Å². The Balaban J connectivity index is 1.37. The Morgan fingerprint density at radius 2 is 0.543 bits per heavy atom. The minimum Gasteiger partial charge on any atom is -0.0622 e. The summed E-state index contributed by atoms with van der Waals surface area (Å²) in [6, 6.07) is 59.0. The molecule has 9 aromatic rings. The first-order valence-corrected chi connectivity index (χ1v) is 16.1. The Labute approximate surface area is 266 Å². The molecule has 0 saturated heterocycles. The fourth-order valence-electron chi connectivity index (χ4n) is 8.62. The molecule has 0 bridgehead atoms. The summed E-state index contributed by atoms with van der Waals surface area (Å²) in [6.45, 7) is 0. The van der Waals surface area contributed by atoms with Crippen molar-refractivity contribution in [2.75, 3.05) is 0 Å². The van der Waals surface area contributed by atoms with Gasteiger partial charge < -0.3 is 0 Å². The van der Waals surface area contributed by atoms with Gasteiger partial charge in [-0.15, -0.1) is 0 Å². The van der Waals surface area contributed by atoms with E-state index in [1.165, 1.54) is 110 Å². The highest BCUT2D eigenvalue weighted by Gasteiger charge is 2.28. The van der Waals surface area contributed by atoms with Crippen LogP contribution >= 0.6 is 0 Å². The molecule has 2 aliphatic rings. The Hall–Kier alpha value is -5.98. The second-order valence-corrected chi connectivity index (χ2v) is 12.8. The minimum absolute atomic E-state index is 1.25. The van der Waals surface area contributed by atoms with Gasteiger partial charge >= 0.3 is 0 Å². The van der Waals surface area contributed by atoms with E-state index in [1.54, 1.807) is 0 Å². The standard InChI is InChI=1S/C46H26/c1-3-11-27(12-4-1)45-39-23-35-31-19-7-15-29-17-9-21-33(43(29)31)37(35)25-41(39)46(28-13-5-2-6-14-28)42-26-38-34-22-10-18-30-16-8-20-32(44(30)34)36(38)24-40(42)45/h1-26H. The molecule has 46 heavy (non-hydrogen) atoms. The second kappa shape index (κ2) is 8.81. The van der Waals surface area contributed by atoms with E-state index in [0.717, 1.165) is 0 Å². The van der Waals surface area contributed by atoms with Gasteiger partial charge in [0.25, 0.3) is 0 Å². The number of hydrogen-bond donors (Lipinski definition) is 0. The largest absolute Gasteiger partial charge is 0.0622 e. The predicted molar refractivity (Wildman–Crippen MR) is 196 cm³/mol. The van der Waals surface area contributed by atoms with Gasteiger partial charge in [-0.05, 0) is 134 Å². The summed E-state index contributed by atoms with van der Waals surface area (Å²) in [5, 5.41) is 10.5. The van der Waals surface area contributed by atoms with Gasteiger partial charge in [0.05, 0.1) is 0 Å². The normalized spacial score (nSPS) is 12.3. The Kier molecular flexibility index (Phi) is 4.66. The van der Waals surface area contributed by atoms with E-state index in [9.17, 15) is 0 Å². The summed E-state index contributed by atoms with van der Waals surface area (Å²) >= 11 is 0. The zero-order valence-electron chi connectivity index (χ0n) is 25.0. The molecule has 0 spiro atoms. The van der Waals surface area contributed by atoms with E-state index in [-0.39, 0.29) is 0 Å². The van der Waals surface area contributed by atoms with E-state index < -0.39 is 0 Å². The van der Waals surface area contributed by atoms with Gasteiger partial charge in [0.15, 0.2) is 0 Å². The smallest absolute Gasteiger partial charge is 0.00259 e. The summed E-state index contributed by atoms with van der Waals surface area (Å²) in [5.74, 6) is 0. The maximum Gasteiger partial charge on any atom is -0.00259 e. The molecule has 2 aliphatic carbocycles. The van der Waals surface area contributed by atoms with Crippen LogP contribution in [0.3, 0.4) is 0 Å². The molecule has 9 aromatic carbocycles. The van der Waals surface area contributed by atoms with Crippen LogP contribution in [0.15, 0.2) is 158 Å². The molecule has 11 rings (SSSR count). The van der Waals surface area contributed by atoms with Crippen LogP contribution in [-0.2, 0) is 0 Å². The van der Waals surface area contributed by atoms with E-state index in [1.807, 2.05) is 0 Å². The van der Waals surface area contributed by atoms with Crippen molar-refractivity contribution < 1.29 is 0 Å². The lowest BCUT2D eigenvalue weighted by Crippen LogP contribution is -1.93. The fraction of sp³-hybridized carbons (Fsp3) is 0. The van der Waals surface area contributed by atoms with Crippen molar-refractivity contribution in [2.45, 2.75) is 0 Å². The maximum absolute atomic E-state index is 2.50. The van der Waals surface area contributed by atoms with Crippen molar-refractivity contribution in [3.05, 3.63) is 158 Å². The van der Waals surface area contributed by atoms with E-state index >= 15 is 0 Å². The van der Waals surface area contributed by atoms with Gasteiger partial charge in [0, 0.05) is 0 Å². The number of hydrogen-bond acceptors (Lipinski definition) is 0. The van der Waals surface area contributed by atoms with Gasteiger partial charge in [-0.2, -0.15) is 0 Å². The third-order valence-electron chi connectivity index (χ3n) is 10.5. The molecule has 0 atom stereocenters. The summed E-state index contributed by atoms with van der Waals surface area (Å²) < 4.78 is 0. The number of rotatable bonds is 2. The second-order valence-electron chi connectivity index (χ2n) is 12.8. The lowest BCUT2D eigenvalue weighted by molar-refractivity contribution is 1.65. The summed E-state index contributed by atoms with van der Waals surface area (Å²) in [7, 11) is 0. The lowest BCUT2D eigenvalue weighted by atomic mass is 9.82. The van der Waals surface area contributed by atoms with Crippen LogP contribution in [0.25, 0.3) is 110 Å². The number of benzene rings is 9. The van der Waals surface area contributed by atoms with Gasteiger partial charge in [-0.3, -0.25) is 0 Å². The molecule has 0 unspecified atom stereocenters. The van der Waals surface area contributed by atoms with Gasteiger partial charge in [0.2, 0.25) is 0 Å². The molecule has 0 aliphatic heterocycles. The molecular weight excluding hydrogens is 553 g/mol. The SMILES string of the molecule is c1ccc(-c2c3cc4c(cc3c(-c3ccccc3)c3cc5c(cc23)-c2cccc3cccc-5c23)-c2cccc3cccc-4c23)cc1. The molecule has 0 saturated carbocycles. The van der Waals surface area contributed by atoms with Crippen LogP contribution in [0, 0.1) is 0 Å². The molecule has 0 heterocycles. The topological polar surface area (TPSA) is 0 Å². The number of fused-ring (bicyclic) bond motifs is 8. The van der Waals surface area contributed by atoms with Crippen LogP contribution < -0.4 is 0 Å². The first kappa shape index (κ1) is 24.4. The molecule has 0 heteroatoms. The maximum atomic E-state index is 2.50. The molecule has 0 amide bonds. The third-order valence-corrected chi connectivity index (χ3v) is 10.5. The Morgan fingerprint density at radius 1 is 0.239 bits per heavy atom. The van der Waals surface area contributed by atoms with E-state index in [0.29, 0.717) is 0 Å². The monoisotopic (exact) mass is 578 g/mol. The van der Waals surface area contributed by atoms with Crippen LogP contribution in [0.1, 0.15) is 0 Å². The molecule has 0 radical (unpaired) electrons. The van der Waals surface area contributed by atoms with Crippen molar-refractivity contribution in [3.63, 3.8) is 0 Å². The highest BCUT2D eigenvalue weighted by atomic mass is 14.3. The van der Waals surface area contributed by atoms with Crippen LogP contribution in [0.5, 0.6) is 0 Å². The zero-order chi connectivity index (χ0) is 29.9. The summed E-state index contributed by atoms with van der Waals surface area (Å²) in [5.41, 5.74) is 15.8. The Bertz CT molecular complexity index is 2430. The van der Waals surface area contributed by atoms with Crippen molar-refractivity contribution in [2.24, 2.45) is 0 Å². The lowest BCUT2D eigenvalue weighted by Gasteiger charge is -2.20. The predicted octanol–water partition coefficient (Wildman–Crippen LogP) is 12.9. The first-order valence-electron chi connectivity index (χ1n) is 16.1. The van der Waals surface area contributed by atoms with E-state index in [2.05, 4.69) is 158 Å². The van der Waals surface area contributed by atoms with Gasteiger partial charge in [-0.25, -0.2) is 0 Å². The quantitative estimate of drug-likeness (QED) is 0.179.